The maximum absolute atomic E-state index is 13.0. The van der Waals surface area contributed by atoms with E-state index in [1.807, 2.05) is 24.3 Å². The summed E-state index contributed by atoms with van der Waals surface area (Å²) in [6.07, 6.45) is 2.43. The number of carbonyl (C=O) groups excluding carboxylic acids is 1. The molecule has 0 bridgehead atoms. The summed E-state index contributed by atoms with van der Waals surface area (Å²) in [5, 5.41) is 9.69. The van der Waals surface area contributed by atoms with Gasteiger partial charge in [-0.25, -0.2) is 0 Å². The highest BCUT2D eigenvalue weighted by Crippen LogP contribution is 2.42. The summed E-state index contributed by atoms with van der Waals surface area (Å²) >= 11 is 0. The van der Waals surface area contributed by atoms with E-state index in [-0.39, 0.29) is 23.6 Å². The number of methoxy groups -OCH3 is 1. The average Bonchev–Trinajstić information content (AvgIpc) is 2.61. The lowest BCUT2D eigenvalue weighted by atomic mass is 9.82. The summed E-state index contributed by atoms with van der Waals surface area (Å²) in [5.74, 6) is 1.19. The molecule has 0 aromatic heterocycles. The van der Waals surface area contributed by atoms with Crippen LogP contribution in [-0.2, 0) is 0 Å². The van der Waals surface area contributed by atoms with E-state index < -0.39 is 0 Å². The molecule has 2 aromatic rings. The first kappa shape index (κ1) is 16.4. The van der Waals surface area contributed by atoms with Crippen molar-refractivity contribution >= 4 is 5.78 Å². The van der Waals surface area contributed by atoms with Crippen LogP contribution < -0.4 is 9.47 Å². The molecule has 0 radical (unpaired) electrons. The second kappa shape index (κ2) is 6.95. The van der Waals surface area contributed by atoms with Gasteiger partial charge in [-0.15, -0.1) is 0 Å². The summed E-state index contributed by atoms with van der Waals surface area (Å²) in [6, 6.07) is 12.4. The Morgan fingerprint density at radius 3 is 2.58 bits per heavy atom. The van der Waals surface area contributed by atoms with Crippen molar-refractivity contribution < 1.29 is 19.4 Å². The van der Waals surface area contributed by atoms with E-state index in [0.717, 1.165) is 30.6 Å². The number of carbonyl (C=O) groups is 1. The molecule has 126 valence electrons. The normalized spacial score (nSPS) is 19.5. The topological polar surface area (TPSA) is 55.8 Å². The Morgan fingerprint density at radius 2 is 1.92 bits per heavy atom. The molecule has 24 heavy (non-hydrogen) atoms. The standard InChI is InChI=1S/C20H22O4/c1-3-4-5-16-19(22)17-12-14(21)8-11-18(17)24-20(16)13-6-9-15(23-2)10-7-13/h6-12,16,20-21H,3-5H2,1-2H3. The number of hydrogen-bond acceptors (Lipinski definition) is 4. The highest BCUT2D eigenvalue weighted by Gasteiger charge is 2.37. The molecule has 1 heterocycles. The predicted octanol–water partition coefficient (Wildman–Crippen LogP) is 4.52. The number of hydrogen-bond donors (Lipinski definition) is 1. The number of ketones is 1. The fraction of sp³-hybridized carbons (Fsp3) is 0.350. The average molecular weight is 326 g/mol. The predicted molar refractivity (Wildman–Crippen MR) is 91.8 cm³/mol. The minimum Gasteiger partial charge on any atom is -0.508 e. The van der Waals surface area contributed by atoms with Gasteiger partial charge in [0.05, 0.1) is 18.6 Å². The third-order valence-electron chi connectivity index (χ3n) is 4.50. The molecule has 1 aliphatic rings. The summed E-state index contributed by atoms with van der Waals surface area (Å²) in [4.78, 5) is 13.0. The smallest absolute Gasteiger partial charge is 0.173 e. The van der Waals surface area contributed by atoms with Crippen LogP contribution in [-0.4, -0.2) is 18.0 Å². The molecule has 2 aromatic carbocycles. The van der Waals surface area contributed by atoms with Gasteiger partial charge in [0.15, 0.2) is 5.78 Å². The number of phenolic OH excluding ortho intramolecular Hbond substituents is 1. The van der Waals surface area contributed by atoms with Gasteiger partial charge in [0, 0.05) is 0 Å². The van der Waals surface area contributed by atoms with Crippen molar-refractivity contribution in [1.82, 2.24) is 0 Å². The lowest BCUT2D eigenvalue weighted by Crippen LogP contribution is -2.31. The Labute approximate surface area is 142 Å². The van der Waals surface area contributed by atoms with Crippen molar-refractivity contribution in [1.29, 1.82) is 0 Å². The molecule has 1 aliphatic heterocycles. The number of aromatic hydroxyl groups is 1. The summed E-state index contributed by atoms with van der Waals surface area (Å²) in [7, 11) is 1.63. The van der Waals surface area contributed by atoms with Crippen molar-refractivity contribution in [3.8, 4) is 17.2 Å². The zero-order valence-electron chi connectivity index (χ0n) is 14.0. The quantitative estimate of drug-likeness (QED) is 0.877. The molecule has 0 amide bonds. The molecule has 0 spiro atoms. The van der Waals surface area contributed by atoms with Crippen LogP contribution in [0, 0.1) is 5.92 Å². The number of benzene rings is 2. The Morgan fingerprint density at radius 1 is 1.17 bits per heavy atom. The number of ether oxygens (including phenoxy) is 2. The maximum atomic E-state index is 13.0. The molecule has 0 saturated heterocycles. The van der Waals surface area contributed by atoms with E-state index >= 15 is 0 Å². The van der Waals surface area contributed by atoms with Crippen LogP contribution in [0.25, 0.3) is 0 Å². The summed E-state index contributed by atoms with van der Waals surface area (Å²) in [5.41, 5.74) is 1.44. The van der Waals surface area contributed by atoms with Crippen LogP contribution in [0.3, 0.4) is 0 Å². The molecule has 2 atom stereocenters. The van der Waals surface area contributed by atoms with Gasteiger partial charge in [-0.05, 0) is 42.3 Å². The molecule has 0 fully saturated rings. The molecule has 4 heteroatoms. The molecule has 0 aliphatic carbocycles. The number of fused-ring (bicyclic) bond motifs is 1. The van der Waals surface area contributed by atoms with Gasteiger partial charge in [-0.2, -0.15) is 0 Å². The van der Waals surface area contributed by atoms with Gasteiger partial charge in [0.25, 0.3) is 0 Å². The lowest BCUT2D eigenvalue weighted by molar-refractivity contribution is 0.0631. The van der Waals surface area contributed by atoms with Crippen molar-refractivity contribution in [3.05, 3.63) is 53.6 Å². The van der Waals surface area contributed by atoms with Crippen molar-refractivity contribution in [3.63, 3.8) is 0 Å². The molecule has 3 rings (SSSR count). The van der Waals surface area contributed by atoms with Crippen LogP contribution in [0.4, 0.5) is 0 Å². The highest BCUT2D eigenvalue weighted by atomic mass is 16.5. The Balaban J connectivity index is 1.98. The SMILES string of the molecule is CCCCC1C(=O)c2cc(O)ccc2OC1c1ccc(OC)cc1. The van der Waals surface area contributed by atoms with Crippen LogP contribution in [0.15, 0.2) is 42.5 Å². The Bertz CT molecular complexity index is 721. The van der Waals surface area contributed by atoms with E-state index in [0.29, 0.717) is 11.3 Å². The summed E-state index contributed by atoms with van der Waals surface area (Å²) in [6.45, 7) is 2.11. The highest BCUT2D eigenvalue weighted by molar-refractivity contribution is 6.02. The zero-order valence-corrected chi connectivity index (χ0v) is 14.0. The third kappa shape index (κ3) is 3.09. The van der Waals surface area contributed by atoms with E-state index in [9.17, 15) is 9.90 Å². The monoisotopic (exact) mass is 326 g/mol. The molecular formula is C20H22O4. The molecule has 2 unspecified atom stereocenters. The minimum atomic E-state index is -0.313. The van der Waals surface area contributed by atoms with Gasteiger partial charge in [0.1, 0.15) is 23.4 Å². The van der Waals surface area contributed by atoms with Crippen molar-refractivity contribution in [2.75, 3.05) is 7.11 Å². The van der Waals surface area contributed by atoms with Gasteiger partial charge in [-0.3, -0.25) is 4.79 Å². The van der Waals surface area contributed by atoms with E-state index in [1.54, 1.807) is 19.2 Å². The van der Waals surface area contributed by atoms with Crippen molar-refractivity contribution in [2.45, 2.75) is 32.3 Å². The Kier molecular flexibility index (Phi) is 4.74. The first-order valence-corrected chi connectivity index (χ1v) is 8.32. The molecular weight excluding hydrogens is 304 g/mol. The van der Waals surface area contributed by atoms with Crippen LogP contribution in [0.5, 0.6) is 17.2 Å². The first-order valence-electron chi connectivity index (χ1n) is 8.32. The molecule has 0 saturated carbocycles. The first-order chi connectivity index (χ1) is 11.6. The summed E-state index contributed by atoms with van der Waals surface area (Å²) < 4.78 is 11.4. The van der Waals surface area contributed by atoms with Crippen LogP contribution >= 0.6 is 0 Å². The lowest BCUT2D eigenvalue weighted by Gasteiger charge is -2.33. The van der Waals surface area contributed by atoms with E-state index in [2.05, 4.69) is 6.92 Å². The van der Waals surface area contributed by atoms with Crippen LogP contribution in [0.2, 0.25) is 0 Å². The van der Waals surface area contributed by atoms with Gasteiger partial charge >= 0.3 is 0 Å². The third-order valence-corrected chi connectivity index (χ3v) is 4.50. The van der Waals surface area contributed by atoms with Gasteiger partial charge < -0.3 is 14.6 Å². The zero-order chi connectivity index (χ0) is 17.1. The van der Waals surface area contributed by atoms with Crippen LogP contribution in [0.1, 0.15) is 48.2 Å². The maximum Gasteiger partial charge on any atom is 0.173 e. The van der Waals surface area contributed by atoms with Gasteiger partial charge in [0.2, 0.25) is 0 Å². The second-order valence-corrected chi connectivity index (χ2v) is 6.11. The minimum absolute atomic E-state index is 0.0430. The molecule has 4 nitrogen and oxygen atoms in total. The number of rotatable bonds is 5. The Hall–Kier alpha value is -2.49. The van der Waals surface area contributed by atoms with E-state index in [4.69, 9.17) is 9.47 Å². The fourth-order valence-electron chi connectivity index (χ4n) is 3.17. The van der Waals surface area contributed by atoms with E-state index in [1.165, 1.54) is 6.07 Å². The second-order valence-electron chi connectivity index (χ2n) is 6.11. The van der Waals surface area contributed by atoms with Crippen molar-refractivity contribution in [2.24, 2.45) is 5.92 Å². The van der Waals surface area contributed by atoms with Gasteiger partial charge in [-0.1, -0.05) is 31.9 Å². The molecule has 1 N–H and O–H groups in total. The number of Topliss-reactive ketones (excluding diaryl/α,β-unsaturated/α-hetero) is 1. The number of unbranched alkanes of at least 4 members (excludes halogenated alkanes) is 1. The number of phenols is 1. The largest absolute Gasteiger partial charge is 0.508 e. The fourth-order valence-corrected chi connectivity index (χ4v) is 3.17.